The van der Waals surface area contributed by atoms with E-state index in [4.69, 9.17) is 0 Å². The number of rotatable bonds is 4. The fraction of sp³-hybridized carbons (Fsp3) is 0.333. The van der Waals surface area contributed by atoms with E-state index >= 15 is 0 Å². The summed E-state index contributed by atoms with van der Waals surface area (Å²) in [4.78, 5) is 24.2. The van der Waals surface area contributed by atoms with E-state index in [0.29, 0.717) is 5.69 Å². The van der Waals surface area contributed by atoms with Crippen LogP contribution >= 0.6 is 0 Å². The van der Waals surface area contributed by atoms with Gasteiger partial charge < -0.3 is 0 Å². The molecule has 0 aliphatic carbocycles. The maximum Gasteiger partial charge on any atom is 0.282 e. The molecule has 1 aromatic rings. The molecule has 1 fully saturated rings. The van der Waals surface area contributed by atoms with Crippen molar-refractivity contribution in [3.63, 3.8) is 0 Å². The molecule has 0 spiro atoms. The van der Waals surface area contributed by atoms with E-state index in [-0.39, 0.29) is 17.4 Å². The molecule has 0 atom stereocenters. The number of hydrogen-bond acceptors (Lipinski definition) is 2. The van der Waals surface area contributed by atoms with Crippen molar-refractivity contribution in [1.29, 1.82) is 0 Å². The van der Waals surface area contributed by atoms with Gasteiger partial charge in [0.2, 0.25) is 0 Å². The highest BCUT2D eigenvalue weighted by molar-refractivity contribution is 6.29. The highest BCUT2D eigenvalue weighted by Gasteiger charge is 2.35. The quantitative estimate of drug-likeness (QED) is 0.666. The molecule has 2 rings (SSSR count). The number of nitrogens with one attached hydrogen (secondary N) is 1. The lowest BCUT2D eigenvalue weighted by Crippen LogP contribution is -2.35. The third-order valence-corrected chi connectivity index (χ3v) is 3.20. The lowest BCUT2D eigenvalue weighted by Gasteiger charge is -2.14. The number of allylic oxidation sites excluding steroid dienone is 1. The van der Waals surface area contributed by atoms with Gasteiger partial charge in [0, 0.05) is 0 Å². The molecule has 0 saturated carbocycles. The summed E-state index contributed by atoms with van der Waals surface area (Å²) in [6.07, 6.45) is 2.82. The van der Waals surface area contributed by atoms with Gasteiger partial charge in [-0.15, -0.1) is 0 Å². The number of benzene rings is 1. The number of amides is 2. The van der Waals surface area contributed by atoms with E-state index in [1.54, 1.807) is 12.1 Å². The molecule has 1 aliphatic heterocycles. The zero-order valence-corrected chi connectivity index (χ0v) is 11.3. The van der Waals surface area contributed by atoms with E-state index in [0.717, 1.165) is 24.8 Å². The lowest BCUT2D eigenvalue weighted by molar-refractivity contribution is -0.117. The monoisotopic (exact) mass is 258 g/mol. The van der Waals surface area contributed by atoms with Crippen LogP contribution in [0, 0.1) is 0 Å². The van der Waals surface area contributed by atoms with Crippen LogP contribution in [0.4, 0.5) is 5.69 Å². The highest BCUT2D eigenvalue weighted by Crippen LogP contribution is 2.23. The molecule has 1 aromatic carbocycles. The standard InChI is InChI=1S/C15H18N2O2/c1-3-4-8-11(2)13-14(18)16-17(15(13)19)12-9-6-5-7-10-12/h5-7,9-10H,3-4,8H2,1-2H3,(H,16,18). The molecular formula is C15H18N2O2. The minimum Gasteiger partial charge on any atom is -0.267 e. The van der Waals surface area contributed by atoms with Crippen molar-refractivity contribution in [1.82, 2.24) is 5.43 Å². The van der Waals surface area contributed by atoms with Gasteiger partial charge in [-0.25, -0.2) is 5.01 Å². The summed E-state index contributed by atoms with van der Waals surface area (Å²) in [7, 11) is 0. The molecule has 0 aromatic heterocycles. The molecule has 1 aliphatic rings. The second-order valence-electron chi connectivity index (χ2n) is 4.68. The Kier molecular flexibility index (Phi) is 4.00. The van der Waals surface area contributed by atoms with Gasteiger partial charge in [0.05, 0.1) is 5.69 Å². The average molecular weight is 258 g/mol. The van der Waals surface area contributed by atoms with Crippen molar-refractivity contribution < 1.29 is 9.59 Å². The Balaban J connectivity index is 2.26. The average Bonchev–Trinajstić information content (AvgIpc) is 2.72. The van der Waals surface area contributed by atoms with Gasteiger partial charge in [-0.2, -0.15) is 0 Å². The molecule has 2 amide bonds. The third-order valence-electron chi connectivity index (χ3n) is 3.20. The summed E-state index contributed by atoms with van der Waals surface area (Å²) >= 11 is 0. The molecule has 1 N–H and O–H groups in total. The summed E-state index contributed by atoms with van der Waals surface area (Å²) in [5.74, 6) is -0.563. The molecule has 4 nitrogen and oxygen atoms in total. The zero-order valence-electron chi connectivity index (χ0n) is 11.3. The van der Waals surface area contributed by atoms with Crippen LogP contribution in [-0.4, -0.2) is 11.8 Å². The number of hydrazine groups is 1. The first kappa shape index (κ1) is 13.3. The Morgan fingerprint density at radius 3 is 2.53 bits per heavy atom. The number of nitrogens with zero attached hydrogens (tertiary/aromatic N) is 1. The second kappa shape index (κ2) is 5.69. The van der Waals surface area contributed by atoms with Crippen LogP contribution in [0.15, 0.2) is 41.5 Å². The first-order valence-electron chi connectivity index (χ1n) is 6.55. The summed E-state index contributed by atoms with van der Waals surface area (Å²) in [5.41, 5.74) is 4.45. The molecule has 0 bridgehead atoms. The topological polar surface area (TPSA) is 49.4 Å². The van der Waals surface area contributed by atoms with E-state index in [2.05, 4.69) is 12.3 Å². The number of unbranched alkanes of at least 4 members (excludes halogenated alkanes) is 1. The van der Waals surface area contributed by atoms with Crippen LogP contribution in [-0.2, 0) is 9.59 Å². The molecule has 4 heteroatoms. The molecular weight excluding hydrogens is 240 g/mol. The fourth-order valence-corrected chi connectivity index (χ4v) is 2.12. The molecule has 1 saturated heterocycles. The van der Waals surface area contributed by atoms with Gasteiger partial charge in [-0.3, -0.25) is 15.0 Å². The van der Waals surface area contributed by atoms with Gasteiger partial charge in [0.15, 0.2) is 0 Å². The largest absolute Gasteiger partial charge is 0.282 e. The lowest BCUT2D eigenvalue weighted by atomic mass is 10.0. The fourth-order valence-electron chi connectivity index (χ4n) is 2.12. The van der Waals surface area contributed by atoms with E-state index in [1.165, 1.54) is 5.01 Å². The van der Waals surface area contributed by atoms with E-state index < -0.39 is 0 Å². The van der Waals surface area contributed by atoms with Gasteiger partial charge in [0.1, 0.15) is 5.57 Å². The molecule has 100 valence electrons. The van der Waals surface area contributed by atoms with Gasteiger partial charge in [-0.1, -0.05) is 37.1 Å². The van der Waals surface area contributed by atoms with Gasteiger partial charge in [-0.05, 0) is 31.9 Å². The Morgan fingerprint density at radius 2 is 1.89 bits per heavy atom. The Labute approximate surface area is 113 Å². The Bertz CT molecular complexity index is 520. The normalized spacial score (nSPS) is 17.7. The minimum atomic E-state index is -0.303. The number of carbonyl (C=O) groups excluding carboxylic acids is 2. The van der Waals surface area contributed by atoms with E-state index in [9.17, 15) is 9.59 Å². The van der Waals surface area contributed by atoms with Crippen LogP contribution in [0.5, 0.6) is 0 Å². The summed E-state index contributed by atoms with van der Waals surface area (Å²) in [6, 6.07) is 9.13. The van der Waals surface area contributed by atoms with Crippen LogP contribution in [0.2, 0.25) is 0 Å². The van der Waals surface area contributed by atoms with Crippen molar-refractivity contribution in [2.75, 3.05) is 5.01 Å². The Morgan fingerprint density at radius 1 is 1.21 bits per heavy atom. The van der Waals surface area contributed by atoms with Crippen molar-refractivity contribution in [3.8, 4) is 0 Å². The number of para-hydroxylation sites is 1. The number of hydrogen-bond donors (Lipinski definition) is 1. The summed E-state index contributed by atoms with van der Waals surface area (Å²) < 4.78 is 0. The van der Waals surface area contributed by atoms with Crippen LogP contribution in [0.3, 0.4) is 0 Å². The predicted molar refractivity (Wildman–Crippen MR) is 74.3 cm³/mol. The van der Waals surface area contributed by atoms with Gasteiger partial charge >= 0.3 is 0 Å². The van der Waals surface area contributed by atoms with Crippen molar-refractivity contribution in [3.05, 3.63) is 41.5 Å². The SMILES string of the molecule is CCCCC(C)=C1C(=O)NN(c2ccccc2)C1=O. The van der Waals surface area contributed by atoms with Crippen LogP contribution < -0.4 is 10.4 Å². The molecule has 0 unspecified atom stereocenters. The third kappa shape index (κ3) is 2.67. The second-order valence-corrected chi connectivity index (χ2v) is 4.68. The maximum atomic E-state index is 12.3. The smallest absolute Gasteiger partial charge is 0.267 e. The van der Waals surface area contributed by atoms with Crippen LogP contribution in [0.25, 0.3) is 0 Å². The van der Waals surface area contributed by atoms with Gasteiger partial charge in [0.25, 0.3) is 11.8 Å². The maximum absolute atomic E-state index is 12.3. The molecule has 19 heavy (non-hydrogen) atoms. The minimum absolute atomic E-state index is 0.259. The molecule has 1 heterocycles. The van der Waals surface area contributed by atoms with Crippen LogP contribution in [0.1, 0.15) is 33.1 Å². The number of carbonyl (C=O) groups is 2. The van der Waals surface area contributed by atoms with E-state index in [1.807, 2.05) is 25.1 Å². The predicted octanol–water partition coefficient (Wildman–Crippen LogP) is 2.57. The van der Waals surface area contributed by atoms with Crippen molar-refractivity contribution in [2.24, 2.45) is 0 Å². The first-order valence-corrected chi connectivity index (χ1v) is 6.55. The zero-order chi connectivity index (χ0) is 13.8. The molecule has 0 radical (unpaired) electrons. The Hall–Kier alpha value is -2.10. The number of anilines is 1. The summed E-state index contributed by atoms with van der Waals surface area (Å²) in [5, 5.41) is 1.31. The highest BCUT2D eigenvalue weighted by atomic mass is 16.2. The summed E-state index contributed by atoms with van der Waals surface area (Å²) in [6.45, 7) is 3.95. The van der Waals surface area contributed by atoms with Crippen molar-refractivity contribution in [2.45, 2.75) is 33.1 Å². The first-order chi connectivity index (χ1) is 9.15. The van der Waals surface area contributed by atoms with Crippen molar-refractivity contribution >= 4 is 17.5 Å².